The van der Waals surface area contributed by atoms with E-state index < -0.39 is 23.5 Å². The first kappa shape index (κ1) is 15.1. The highest BCUT2D eigenvalue weighted by Crippen LogP contribution is 2.31. The van der Waals surface area contributed by atoms with E-state index in [-0.39, 0.29) is 12.1 Å². The van der Waals surface area contributed by atoms with Gasteiger partial charge in [-0.25, -0.2) is 4.39 Å². The number of nitrogens with one attached hydrogen (secondary N) is 1. The molecule has 1 aromatic carbocycles. The zero-order valence-corrected chi connectivity index (χ0v) is 11.0. The molecular weight excluding hydrogens is 288 g/mol. The number of hydrogen-bond donors (Lipinski definition) is 1. The Morgan fingerprint density at radius 1 is 1.29 bits per heavy atom. The van der Waals surface area contributed by atoms with Crippen molar-refractivity contribution in [2.75, 3.05) is 0 Å². The summed E-state index contributed by atoms with van der Waals surface area (Å²) >= 11 is 0. The fourth-order valence-electron chi connectivity index (χ4n) is 1.84. The molecule has 2 aromatic rings. The molecule has 0 saturated heterocycles. The molecule has 7 heteroatoms. The summed E-state index contributed by atoms with van der Waals surface area (Å²) in [6.45, 7) is 0.168. The molecule has 2 rings (SSSR count). The monoisotopic (exact) mass is 300 g/mol. The molecule has 0 aliphatic carbocycles. The molecule has 1 heterocycles. The van der Waals surface area contributed by atoms with Crippen LogP contribution in [0.2, 0.25) is 0 Å². The Morgan fingerprint density at radius 2 is 2.00 bits per heavy atom. The summed E-state index contributed by atoms with van der Waals surface area (Å²) in [6.07, 6.45) is -3.06. The molecular formula is C14H12F4N2O. The van der Waals surface area contributed by atoms with Crippen LogP contribution in [0, 0.1) is 5.82 Å². The topological polar surface area (TPSA) is 34.0 Å². The molecule has 1 N–H and O–H groups in total. The molecule has 0 spiro atoms. The lowest BCUT2D eigenvalue weighted by atomic mass is 10.1. The summed E-state index contributed by atoms with van der Waals surface area (Å²) in [5.74, 6) is -2.09. The van der Waals surface area contributed by atoms with Crippen LogP contribution >= 0.6 is 0 Å². The minimum Gasteiger partial charge on any atom is -0.353 e. The maximum Gasteiger partial charge on any atom is 0.419 e. The number of hydrogen-bond acceptors (Lipinski definition) is 1. The number of nitrogens with zero attached hydrogens (tertiary/aromatic N) is 1. The van der Waals surface area contributed by atoms with E-state index in [2.05, 4.69) is 5.32 Å². The van der Waals surface area contributed by atoms with E-state index in [0.717, 1.165) is 11.8 Å². The minimum atomic E-state index is -4.83. The number of halogens is 4. The quantitative estimate of drug-likeness (QED) is 0.868. The van der Waals surface area contributed by atoms with Gasteiger partial charge in [0.05, 0.1) is 12.1 Å². The van der Waals surface area contributed by atoms with Crippen molar-refractivity contribution in [1.29, 1.82) is 0 Å². The van der Waals surface area contributed by atoms with Crippen LogP contribution in [0.1, 0.15) is 21.6 Å². The van der Waals surface area contributed by atoms with Crippen LogP contribution in [0.15, 0.2) is 36.5 Å². The number of carbonyl (C=O) groups excluding carboxylic acids is 1. The third-order valence-corrected chi connectivity index (χ3v) is 3.02. The van der Waals surface area contributed by atoms with Crippen LogP contribution in [0.5, 0.6) is 0 Å². The van der Waals surface area contributed by atoms with Crippen molar-refractivity contribution in [1.82, 2.24) is 9.88 Å². The van der Waals surface area contributed by atoms with Gasteiger partial charge in [-0.1, -0.05) is 0 Å². The van der Waals surface area contributed by atoms with Gasteiger partial charge in [0.25, 0.3) is 5.91 Å². The maximum absolute atomic E-state index is 13.1. The summed E-state index contributed by atoms with van der Waals surface area (Å²) in [4.78, 5) is 11.8. The Bertz CT molecular complexity index is 661. The zero-order valence-electron chi connectivity index (χ0n) is 11.0. The number of aromatic nitrogens is 1. The number of benzene rings is 1. The molecule has 0 unspecified atom stereocenters. The third kappa shape index (κ3) is 3.42. The lowest BCUT2D eigenvalue weighted by Gasteiger charge is -2.10. The Morgan fingerprint density at radius 3 is 2.57 bits per heavy atom. The Labute approximate surface area is 118 Å². The van der Waals surface area contributed by atoms with Crippen molar-refractivity contribution in [2.24, 2.45) is 7.05 Å². The largest absolute Gasteiger partial charge is 0.419 e. The van der Waals surface area contributed by atoms with Crippen molar-refractivity contribution in [3.63, 3.8) is 0 Å². The SMILES string of the molecule is Cn1cccc1CNC(=O)c1ccc(F)c(C(F)(F)F)c1. The van der Waals surface area contributed by atoms with Crippen LogP contribution in [-0.2, 0) is 19.8 Å². The number of amides is 1. The number of aryl methyl sites for hydroxylation is 1. The molecule has 0 radical (unpaired) electrons. The highest BCUT2D eigenvalue weighted by molar-refractivity contribution is 5.94. The molecule has 3 nitrogen and oxygen atoms in total. The minimum absolute atomic E-state index is 0.168. The van der Waals surface area contributed by atoms with E-state index in [1.54, 1.807) is 29.9 Å². The average molecular weight is 300 g/mol. The second kappa shape index (κ2) is 5.59. The zero-order chi connectivity index (χ0) is 15.6. The predicted octanol–water partition coefficient (Wildman–Crippen LogP) is 3.11. The molecule has 0 atom stereocenters. The number of alkyl halides is 3. The van der Waals surface area contributed by atoms with Crippen LogP contribution < -0.4 is 5.32 Å². The predicted molar refractivity (Wildman–Crippen MR) is 68.0 cm³/mol. The molecule has 1 aromatic heterocycles. The van der Waals surface area contributed by atoms with Gasteiger partial charge >= 0.3 is 6.18 Å². The highest BCUT2D eigenvalue weighted by atomic mass is 19.4. The van der Waals surface area contributed by atoms with Crippen LogP contribution in [0.25, 0.3) is 0 Å². The molecule has 1 amide bonds. The first-order valence-electron chi connectivity index (χ1n) is 6.04. The van der Waals surface area contributed by atoms with Crippen LogP contribution in [-0.4, -0.2) is 10.5 Å². The molecule has 0 aliphatic rings. The van der Waals surface area contributed by atoms with Crippen molar-refractivity contribution in [3.8, 4) is 0 Å². The highest BCUT2D eigenvalue weighted by Gasteiger charge is 2.34. The Hall–Kier alpha value is -2.31. The van der Waals surface area contributed by atoms with E-state index in [0.29, 0.717) is 12.1 Å². The smallest absolute Gasteiger partial charge is 0.353 e. The summed E-state index contributed by atoms with van der Waals surface area (Å²) in [5, 5.41) is 2.49. The van der Waals surface area contributed by atoms with Gasteiger partial charge in [-0.05, 0) is 30.3 Å². The van der Waals surface area contributed by atoms with Crippen LogP contribution in [0.4, 0.5) is 17.6 Å². The van der Waals surface area contributed by atoms with Crippen molar-refractivity contribution in [2.45, 2.75) is 12.7 Å². The molecule has 0 saturated carbocycles. The number of rotatable bonds is 3. The first-order chi connectivity index (χ1) is 9.79. The molecule has 0 aliphatic heterocycles. The van der Waals surface area contributed by atoms with Gasteiger partial charge in [-0.2, -0.15) is 13.2 Å². The molecule has 0 bridgehead atoms. The van der Waals surface area contributed by atoms with Gasteiger partial charge in [0.1, 0.15) is 5.82 Å². The Kier molecular flexibility index (Phi) is 4.02. The third-order valence-electron chi connectivity index (χ3n) is 3.02. The lowest BCUT2D eigenvalue weighted by Crippen LogP contribution is -2.24. The van der Waals surface area contributed by atoms with Gasteiger partial charge in [-0.3, -0.25) is 4.79 Å². The van der Waals surface area contributed by atoms with Gasteiger partial charge in [0.15, 0.2) is 0 Å². The summed E-state index contributed by atoms with van der Waals surface area (Å²) in [5.41, 5.74) is -0.895. The maximum atomic E-state index is 13.1. The number of carbonyl (C=O) groups is 1. The molecule has 0 fully saturated rings. The van der Waals surface area contributed by atoms with Gasteiger partial charge in [0.2, 0.25) is 0 Å². The van der Waals surface area contributed by atoms with E-state index in [4.69, 9.17) is 0 Å². The second-order valence-corrected chi connectivity index (χ2v) is 4.49. The first-order valence-corrected chi connectivity index (χ1v) is 6.04. The Balaban J connectivity index is 2.15. The molecule has 112 valence electrons. The van der Waals surface area contributed by atoms with Crippen molar-refractivity contribution >= 4 is 5.91 Å². The van der Waals surface area contributed by atoms with Gasteiger partial charge in [-0.15, -0.1) is 0 Å². The lowest BCUT2D eigenvalue weighted by molar-refractivity contribution is -0.140. The second-order valence-electron chi connectivity index (χ2n) is 4.49. The summed E-state index contributed by atoms with van der Waals surface area (Å²) in [6, 6.07) is 5.72. The molecule has 21 heavy (non-hydrogen) atoms. The van der Waals surface area contributed by atoms with E-state index in [9.17, 15) is 22.4 Å². The van der Waals surface area contributed by atoms with Crippen LogP contribution in [0.3, 0.4) is 0 Å². The van der Waals surface area contributed by atoms with E-state index in [1.807, 2.05) is 0 Å². The normalized spacial score (nSPS) is 11.5. The fourth-order valence-corrected chi connectivity index (χ4v) is 1.84. The summed E-state index contributed by atoms with van der Waals surface area (Å²) < 4.78 is 52.6. The fraction of sp³-hybridized carbons (Fsp3) is 0.214. The van der Waals surface area contributed by atoms with Crippen molar-refractivity contribution in [3.05, 3.63) is 59.2 Å². The van der Waals surface area contributed by atoms with Gasteiger partial charge in [0, 0.05) is 24.5 Å². The van der Waals surface area contributed by atoms with Crippen molar-refractivity contribution < 1.29 is 22.4 Å². The van der Waals surface area contributed by atoms with Gasteiger partial charge < -0.3 is 9.88 Å². The van der Waals surface area contributed by atoms with E-state index >= 15 is 0 Å². The summed E-state index contributed by atoms with van der Waals surface area (Å²) in [7, 11) is 1.78. The standard InChI is InChI=1S/C14H12F4N2O/c1-20-6-2-3-10(20)8-19-13(21)9-4-5-12(15)11(7-9)14(16,17)18/h2-7H,8H2,1H3,(H,19,21). The van der Waals surface area contributed by atoms with E-state index in [1.165, 1.54) is 0 Å². The average Bonchev–Trinajstić information content (AvgIpc) is 2.80.